The van der Waals surface area contributed by atoms with Crippen LogP contribution in [0.4, 0.5) is 24.7 Å². The Kier molecular flexibility index (Phi) is 6.24. The van der Waals surface area contributed by atoms with Gasteiger partial charge in [-0.25, -0.2) is 9.67 Å². The van der Waals surface area contributed by atoms with Gasteiger partial charge in [-0.3, -0.25) is 5.32 Å². The molecular weight excluding hydrogens is 449 g/mol. The molecule has 3 aromatic rings. The van der Waals surface area contributed by atoms with Crippen LogP contribution >= 0.6 is 11.6 Å². The summed E-state index contributed by atoms with van der Waals surface area (Å²) in [5.74, 6) is 0.702. The molecule has 1 aliphatic rings. The van der Waals surface area contributed by atoms with Crippen molar-refractivity contribution in [2.45, 2.75) is 25.2 Å². The number of hydrogen-bond acceptors (Lipinski definition) is 7. The van der Waals surface area contributed by atoms with Gasteiger partial charge in [0.1, 0.15) is 5.82 Å². The molecular formula is C20H20ClF3N6O2. The van der Waals surface area contributed by atoms with E-state index in [2.05, 4.69) is 20.7 Å². The fourth-order valence-electron chi connectivity index (χ4n) is 3.23. The summed E-state index contributed by atoms with van der Waals surface area (Å²) in [5.41, 5.74) is 0.00943. The molecule has 4 N–H and O–H groups in total. The van der Waals surface area contributed by atoms with Crippen molar-refractivity contribution in [3.05, 3.63) is 65.1 Å². The zero-order valence-electron chi connectivity index (χ0n) is 16.6. The van der Waals surface area contributed by atoms with Gasteiger partial charge in [0.25, 0.3) is 0 Å². The minimum Gasteiger partial charge on any atom is -0.389 e. The van der Waals surface area contributed by atoms with Gasteiger partial charge in [-0.1, -0.05) is 17.7 Å². The highest BCUT2D eigenvalue weighted by Crippen LogP contribution is 2.30. The van der Waals surface area contributed by atoms with Crippen LogP contribution in [-0.4, -0.2) is 50.5 Å². The van der Waals surface area contributed by atoms with Gasteiger partial charge < -0.3 is 20.4 Å². The van der Waals surface area contributed by atoms with Crippen molar-refractivity contribution in [1.29, 1.82) is 0 Å². The summed E-state index contributed by atoms with van der Waals surface area (Å²) in [4.78, 5) is 6.16. The summed E-state index contributed by atoms with van der Waals surface area (Å²) in [6, 6.07) is 10.7. The lowest BCUT2D eigenvalue weighted by atomic mass is 10.2. The predicted molar refractivity (Wildman–Crippen MR) is 113 cm³/mol. The molecule has 12 heteroatoms. The molecule has 1 aromatic carbocycles. The number of benzene rings is 1. The first-order valence-electron chi connectivity index (χ1n) is 9.68. The molecule has 170 valence electrons. The number of rotatable bonds is 7. The number of hydrogen-bond donors (Lipinski definition) is 4. The fraction of sp³-hybridized carbons (Fsp3) is 0.300. The number of alkyl halides is 3. The van der Waals surface area contributed by atoms with Crippen molar-refractivity contribution in [3.8, 4) is 5.69 Å². The summed E-state index contributed by atoms with van der Waals surface area (Å²) >= 11 is 5.96. The van der Waals surface area contributed by atoms with Gasteiger partial charge in [0, 0.05) is 24.7 Å². The molecule has 8 nitrogen and oxygen atoms in total. The van der Waals surface area contributed by atoms with Crippen LogP contribution in [0.2, 0.25) is 5.02 Å². The van der Waals surface area contributed by atoms with Crippen LogP contribution in [0.15, 0.2) is 48.7 Å². The Labute approximate surface area is 186 Å². The normalized spacial score (nSPS) is 15.5. The molecule has 1 aliphatic heterocycles. The van der Waals surface area contributed by atoms with Crippen molar-refractivity contribution in [3.63, 3.8) is 0 Å². The molecule has 0 bridgehead atoms. The van der Waals surface area contributed by atoms with E-state index in [1.54, 1.807) is 30.3 Å². The lowest BCUT2D eigenvalue weighted by molar-refractivity contribution is -0.141. The summed E-state index contributed by atoms with van der Waals surface area (Å²) in [6.45, 7) is 0.926. The molecule has 0 spiro atoms. The lowest BCUT2D eigenvalue weighted by Crippen LogP contribution is -2.51. The molecule has 0 saturated carbocycles. The number of β-amino-alcohol motifs (C(OH)–C–C–N with tert-alkyl or cyclic N) is 1. The van der Waals surface area contributed by atoms with Gasteiger partial charge in [-0.15, -0.1) is 0 Å². The zero-order chi connectivity index (χ0) is 22.9. The highest BCUT2D eigenvalue weighted by atomic mass is 35.5. The highest BCUT2D eigenvalue weighted by molar-refractivity contribution is 6.30. The average Bonchev–Trinajstić information content (AvgIpc) is 3.16. The lowest BCUT2D eigenvalue weighted by Gasteiger charge is -2.36. The van der Waals surface area contributed by atoms with Crippen LogP contribution in [0.1, 0.15) is 11.4 Å². The Bertz CT molecular complexity index is 1070. The molecule has 0 aliphatic carbocycles. The number of anilines is 2. The van der Waals surface area contributed by atoms with E-state index in [1.807, 2.05) is 4.90 Å². The second kappa shape index (κ2) is 8.94. The van der Waals surface area contributed by atoms with Crippen molar-refractivity contribution in [2.24, 2.45) is 0 Å². The van der Waals surface area contributed by atoms with Crippen LogP contribution in [0, 0.1) is 0 Å². The summed E-state index contributed by atoms with van der Waals surface area (Å²) in [6.07, 6.45) is -4.71. The van der Waals surface area contributed by atoms with Crippen LogP contribution in [-0.2, 0) is 12.7 Å². The Hall–Kier alpha value is -2.86. The van der Waals surface area contributed by atoms with E-state index in [0.29, 0.717) is 35.3 Å². The summed E-state index contributed by atoms with van der Waals surface area (Å²) < 4.78 is 40.7. The average molecular weight is 469 g/mol. The SMILES string of the molecule is OC1CN(c2ccc(NC(O)NCc3cc(C(F)(F)F)nn3-c3cccc(Cl)c3)cn2)C1. The van der Waals surface area contributed by atoms with Gasteiger partial charge in [-0.05, 0) is 36.4 Å². The molecule has 0 radical (unpaired) electrons. The van der Waals surface area contributed by atoms with E-state index < -0.39 is 18.2 Å². The zero-order valence-corrected chi connectivity index (χ0v) is 17.3. The first-order valence-corrected chi connectivity index (χ1v) is 10.1. The number of aliphatic hydroxyl groups is 2. The molecule has 4 rings (SSSR count). The summed E-state index contributed by atoms with van der Waals surface area (Å²) in [7, 11) is 0. The van der Waals surface area contributed by atoms with Gasteiger partial charge in [0.15, 0.2) is 12.0 Å². The Morgan fingerprint density at radius 1 is 1.19 bits per heavy atom. The van der Waals surface area contributed by atoms with Crippen LogP contribution < -0.4 is 15.5 Å². The second-order valence-electron chi connectivity index (χ2n) is 7.30. The Morgan fingerprint density at radius 3 is 2.59 bits per heavy atom. The van der Waals surface area contributed by atoms with Gasteiger partial charge in [0.2, 0.25) is 0 Å². The molecule has 3 heterocycles. The minimum atomic E-state index is -4.62. The highest BCUT2D eigenvalue weighted by Gasteiger charge is 2.35. The van der Waals surface area contributed by atoms with Gasteiger partial charge in [-0.2, -0.15) is 18.3 Å². The third-order valence-electron chi connectivity index (χ3n) is 4.84. The third kappa shape index (κ3) is 5.13. The standard InChI is InChI=1S/C20H20ClF3N6O2/c21-12-2-1-3-14(6-12)30-15(7-17(28-30)20(22,23)24)9-26-19(32)27-13-4-5-18(25-8-13)29-10-16(31)11-29/h1-8,16,19,26-27,31-32H,9-11H2. The first-order chi connectivity index (χ1) is 15.2. The van der Waals surface area contributed by atoms with Crippen LogP contribution in [0.25, 0.3) is 5.69 Å². The number of halogens is 4. The van der Waals surface area contributed by atoms with Crippen molar-refractivity contribution in [1.82, 2.24) is 20.1 Å². The predicted octanol–water partition coefficient (Wildman–Crippen LogP) is 2.60. The Balaban J connectivity index is 1.43. The van der Waals surface area contributed by atoms with Crippen molar-refractivity contribution in [2.75, 3.05) is 23.3 Å². The van der Waals surface area contributed by atoms with E-state index in [0.717, 1.165) is 10.7 Å². The maximum atomic E-state index is 13.2. The fourth-order valence-corrected chi connectivity index (χ4v) is 3.41. The van der Waals surface area contributed by atoms with Crippen LogP contribution in [0.5, 0.6) is 0 Å². The van der Waals surface area contributed by atoms with E-state index in [-0.39, 0.29) is 18.3 Å². The molecule has 1 atom stereocenters. The quantitative estimate of drug-likeness (QED) is 0.396. The second-order valence-corrected chi connectivity index (χ2v) is 7.74. The van der Waals surface area contributed by atoms with E-state index >= 15 is 0 Å². The minimum absolute atomic E-state index is 0.110. The molecule has 1 unspecified atom stereocenters. The van der Waals surface area contributed by atoms with E-state index in [4.69, 9.17) is 11.6 Å². The maximum absolute atomic E-state index is 13.2. The van der Waals surface area contributed by atoms with Crippen LogP contribution in [0.3, 0.4) is 0 Å². The monoisotopic (exact) mass is 468 g/mol. The number of pyridine rings is 1. The largest absolute Gasteiger partial charge is 0.435 e. The van der Waals surface area contributed by atoms with Crippen molar-refractivity contribution >= 4 is 23.1 Å². The maximum Gasteiger partial charge on any atom is 0.435 e. The van der Waals surface area contributed by atoms with Crippen molar-refractivity contribution < 1.29 is 23.4 Å². The van der Waals surface area contributed by atoms with E-state index in [1.165, 1.54) is 12.3 Å². The molecule has 2 aromatic heterocycles. The number of nitrogens with zero attached hydrogens (tertiary/aromatic N) is 4. The first kappa shape index (κ1) is 22.3. The number of aliphatic hydroxyl groups excluding tert-OH is 2. The number of nitrogens with one attached hydrogen (secondary N) is 2. The topological polar surface area (TPSA) is 98.5 Å². The smallest absolute Gasteiger partial charge is 0.389 e. The summed E-state index contributed by atoms with van der Waals surface area (Å²) in [5, 5.41) is 29.1. The number of aromatic nitrogens is 3. The third-order valence-corrected chi connectivity index (χ3v) is 5.08. The van der Waals surface area contributed by atoms with Gasteiger partial charge in [0.05, 0.1) is 29.4 Å². The van der Waals surface area contributed by atoms with Gasteiger partial charge >= 0.3 is 6.18 Å². The van der Waals surface area contributed by atoms with E-state index in [9.17, 15) is 23.4 Å². The Morgan fingerprint density at radius 2 is 1.97 bits per heavy atom. The molecule has 32 heavy (non-hydrogen) atoms. The molecule has 1 saturated heterocycles. The molecule has 1 fully saturated rings. The molecule has 0 amide bonds.